The summed E-state index contributed by atoms with van der Waals surface area (Å²) in [6.45, 7) is 4.23. The van der Waals surface area contributed by atoms with Gasteiger partial charge in [-0.05, 0) is 31.2 Å². The highest BCUT2D eigenvalue weighted by atomic mass is 32.2. The molecule has 1 heterocycles. The second kappa shape index (κ2) is 6.34. The second-order valence-electron chi connectivity index (χ2n) is 4.63. The van der Waals surface area contributed by atoms with Gasteiger partial charge in [-0.1, -0.05) is 6.07 Å². The lowest BCUT2D eigenvalue weighted by molar-refractivity contribution is 0.407. The van der Waals surface area contributed by atoms with Gasteiger partial charge in [-0.25, -0.2) is 0 Å². The van der Waals surface area contributed by atoms with E-state index in [0.717, 1.165) is 24.4 Å². The van der Waals surface area contributed by atoms with Crippen molar-refractivity contribution in [3.8, 4) is 5.75 Å². The van der Waals surface area contributed by atoms with Gasteiger partial charge in [0, 0.05) is 36.1 Å². The van der Waals surface area contributed by atoms with Gasteiger partial charge in [0.2, 0.25) is 0 Å². The fourth-order valence-electron chi connectivity index (χ4n) is 2.43. The Morgan fingerprint density at radius 1 is 1.33 bits per heavy atom. The molecule has 1 unspecified atom stereocenters. The van der Waals surface area contributed by atoms with E-state index in [9.17, 15) is 0 Å². The first kappa shape index (κ1) is 13.6. The van der Waals surface area contributed by atoms with Crippen LogP contribution in [0.3, 0.4) is 0 Å². The summed E-state index contributed by atoms with van der Waals surface area (Å²) >= 11 is 2.03. The van der Waals surface area contributed by atoms with Crippen LogP contribution < -0.4 is 15.4 Å². The molecule has 2 rings (SSSR count). The molecule has 0 radical (unpaired) electrons. The molecule has 0 bridgehead atoms. The van der Waals surface area contributed by atoms with Crippen LogP contribution in [0.25, 0.3) is 0 Å². The Balaban J connectivity index is 2.35. The molecule has 0 spiro atoms. The van der Waals surface area contributed by atoms with Crippen LogP contribution in [-0.2, 0) is 0 Å². The number of hydrogen-bond acceptors (Lipinski definition) is 4. The van der Waals surface area contributed by atoms with Gasteiger partial charge in [0.1, 0.15) is 5.75 Å². The zero-order chi connectivity index (χ0) is 13.0. The minimum Gasteiger partial charge on any atom is -0.496 e. The van der Waals surface area contributed by atoms with E-state index in [0.29, 0.717) is 0 Å². The number of nitrogens with zero attached hydrogens (tertiary/aromatic N) is 1. The summed E-state index contributed by atoms with van der Waals surface area (Å²) in [7, 11) is 1.71. The third kappa shape index (κ3) is 2.93. The lowest BCUT2D eigenvalue weighted by Gasteiger charge is -2.27. The standard InChI is InChI=1S/C14H22N2OS/c1-11(15)14-12(5-3-6-13(14)17-2)16-7-4-9-18-10-8-16/h3,5-6,11H,4,7-10,15H2,1-2H3. The normalized spacial score (nSPS) is 18.3. The zero-order valence-corrected chi connectivity index (χ0v) is 12.0. The molecule has 1 fully saturated rings. The summed E-state index contributed by atoms with van der Waals surface area (Å²) in [5.41, 5.74) is 8.50. The summed E-state index contributed by atoms with van der Waals surface area (Å²) in [6, 6.07) is 6.20. The SMILES string of the molecule is COc1cccc(N2CCCSCC2)c1C(C)N. The molecule has 1 saturated heterocycles. The Morgan fingerprint density at radius 3 is 2.89 bits per heavy atom. The van der Waals surface area contributed by atoms with E-state index < -0.39 is 0 Å². The van der Waals surface area contributed by atoms with Crippen LogP contribution in [0.15, 0.2) is 18.2 Å². The lowest BCUT2D eigenvalue weighted by Crippen LogP contribution is -2.27. The van der Waals surface area contributed by atoms with Crippen molar-refractivity contribution >= 4 is 17.4 Å². The highest BCUT2D eigenvalue weighted by Gasteiger charge is 2.18. The average Bonchev–Trinajstić information content (AvgIpc) is 2.66. The highest BCUT2D eigenvalue weighted by molar-refractivity contribution is 7.99. The monoisotopic (exact) mass is 266 g/mol. The molecule has 100 valence electrons. The molecule has 0 saturated carbocycles. The van der Waals surface area contributed by atoms with Gasteiger partial charge in [0.05, 0.1) is 7.11 Å². The minimum absolute atomic E-state index is 0.00736. The maximum atomic E-state index is 6.12. The Bertz CT molecular complexity index is 387. The van der Waals surface area contributed by atoms with E-state index in [1.165, 1.54) is 23.6 Å². The molecule has 1 atom stereocenters. The Kier molecular flexibility index (Phi) is 4.78. The number of hydrogen-bond donors (Lipinski definition) is 1. The molecule has 1 aromatic rings. The molecule has 2 N–H and O–H groups in total. The van der Waals surface area contributed by atoms with Crippen LogP contribution in [0.2, 0.25) is 0 Å². The first-order valence-electron chi connectivity index (χ1n) is 6.49. The van der Waals surface area contributed by atoms with E-state index in [1.807, 2.05) is 24.8 Å². The number of benzene rings is 1. The van der Waals surface area contributed by atoms with Crippen LogP contribution in [0.5, 0.6) is 5.75 Å². The smallest absolute Gasteiger partial charge is 0.125 e. The maximum absolute atomic E-state index is 6.12. The van der Waals surface area contributed by atoms with E-state index in [2.05, 4.69) is 17.0 Å². The van der Waals surface area contributed by atoms with Crippen LogP contribution in [0, 0.1) is 0 Å². The highest BCUT2D eigenvalue weighted by Crippen LogP contribution is 2.34. The van der Waals surface area contributed by atoms with E-state index in [-0.39, 0.29) is 6.04 Å². The first-order chi connectivity index (χ1) is 8.74. The molecule has 0 aromatic heterocycles. The van der Waals surface area contributed by atoms with Gasteiger partial charge in [0.25, 0.3) is 0 Å². The van der Waals surface area contributed by atoms with Gasteiger partial charge in [0.15, 0.2) is 0 Å². The average molecular weight is 266 g/mol. The molecule has 18 heavy (non-hydrogen) atoms. The Morgan fingerprint density at radius 2 is 2.17 bits per heavy atom. The quantitative estimate of drug-likeness (QED) is 0.913. The van der Waals surface area contributed by atoms with Gasteiger partial charge < -0.3 is 15.4 Å². The largest absolute Gasteiger partial charge is 0.496 e. The van der Waals surface area contributed by atoms with Gasteiger partial charge in [-0.3, -0.25) is 0 Å². The van der Waals surface area contributed by atoms with Crippen molar-refractivity contribution in [1.29, 1.82) is 0 Å². The Labute approximate surface area is 114 Å². The summed E-state index contributed by atoms with van der Waals surface area (Å²) < 4.78 is 5.46. The van der Waals surface area contributed by atoms with E-state index >= 15 is 0 Å². The first-order valence-corrected chi connectivity index (χ1v) is 7.64. The summed E-state index contributed by atoms with van der Waals surface area (Å²) in [5.74, 6) is 3.35. The summed E-state index contributed by atoms with van der Waals surface area (Å²) in [6.07, 6.45) is 1.24. The van der Waals surface area contributed by atoms with Gasteiger partial charge in [-0.15, -0.1) is 0 Å². The van der Waals surface area contributed by atoms with Crippen molar-refractivity contribution in [2.24, 2.45) is 5.73 Å². The molecular formula is C14H22N2OS. The fourth-order valence-corrected chi connectivity index (χ4v) is 3.32. The number of thioether (sulfide) groups is 1. The summed E-state index contributed by atoms with van der Waals surface area (Å²) in [4.78, 5) is 2.45. The molecule has 3 nitrogen and oxygen atoms in total. The number of anilines is 1. The second-order valence-corrected chi connectivity index (χ2v) is 5.86. The molecule has 1 aliphatic rings. The minimum atomic E-state index is -0.00736. The molecule has 0 aliphatic carbocycles. The van der Waals surface area contributed by atoms with Crippen molar-refractivity contribution < 1.29 is 4.74 Å². The van der Waals surface area contributed by atoms with Crippen molar-refractivity contribution in [3.05, 3.63) is 23.8 Å². The van der Waals surface area contributed by atoms with Gasteiger partial charge >= 0.3 is 0 Å². The van der Waals surface area contributed by atoms with E-state index in [4.69, 9.17) is 10.5 Å². The molecule has 1 aromatic carbocycles. The fraction of sp³-hybridized carbons (Fsp3) is 0.571. The predicted molar refractivity (Wildman–Crippen MR) is 79.8 cm³/mol. The maximum Gasteiger partial charge on any atom is 0.125 e. The number of methoxy groups -OCH3 is 1. The lowest BCUT2D eigenvalue weighted by atomic mass is 10.0. The molecule has 1 aliphatic heterocycles. The van der Waals surface area contributed by atoms with Crippen molar-refractivity contribution in [1.82, 2.24) is 0 Å². The van der Waals surface area contributed by atoms with Crippen LogP contribution in [-0.4, -0.2) is 31.7 Å². The predicted octanol–water partition coefficient (Wildman–Crippen LogP) is 2.66. The molecule has 4 heteroatoms. The van der Waals surface area contributed by atoms with Crippen LogP contribution in [0.4, 0.5) is 5.69 Å². The Hall–Kier alpha value is -0.870. The topological polar surface area (TPSA) is 38.5 Å². The van der Waals surface area contributed by atoms with Gasteiger partial charge in [-0.2, -0.15) is 11.8 Å². The number of nitrogens with two attached hydrogens (primary N) is 1. The zero-order valence-electron chi connectivity index (χ0n) is 11.2. The van der Waals surface area contributed by atoms with Crippen molar-refractivity contribution in [2.45, 2.75) is 19.4 Å². The van der Waals surface area contributed by atoms with Crippen molar-refractivity contribution in [3.63, 3.8) is 0 Å². The number of ether oxygens (including phenoxy) is 1. The third-order valence-corrected chi connectivity index (χ3v) is 4.33. The van der Waals surface area contributed by atoms with E-state index in [1.54, 1.807) is 7.11 Å². The summed E-state index contributed by atoms with van der Waals surface area (Å²) in [5, 5.41) is 0. The molecule has 0 amide bonds. The van der Waals surface area contributed by atoms with Crippen molar-refractivity contribution in [2.75, 3.05) is 36.6 Å². The van der Waals surface area contributed by atoms with Crippen LogP contribution >= 0.6 is 11.8 Å². The number of rotatable bonds is 3. The molecular weight excluding hydrogens is 244 g/mol. The van der Waals surface area contributed by atoms with Crippen LogP contribution in [0.1, 0.15) is 24.9 Å². The third-order valence-electron chi connectivity index (χ3n) is 3.28.